The molecule has 1 heterocycles. The van der Waals surface area contributed by atoms with E-state index in [-0.39, 0.29) is 24.5 Å². The molecule has 2 aromatic rings. The van der Waals surface area contributed by atoms with E-state index in [1.165, 1.54) is 18.3 Å². The van der Waals surface area contributed by atoms with Crippen molar-refractivity contribution in [1.82, 2.24) is 5.32 Å². The molecule has 2 N–H and O–H groups in total. The second-order valence-corrected chi connectivity index (χ2v) is 8.63. The van der Waals surface area contributed by atoms with Crippen molar-refractivity contribution in [3.8, 4) is 0 Å². The number of aryl methyl sites for hydroxylation is 1. The summed E-state index contributed by atoms with van der Waals surface area (Å²) in [6.45, 7) is 8.84. The van der Waals surface area contributed by atoms with Gasteiger partial charge in [0.1, 0.15) is 5.00 Å². The predicted octanol–water partition coefficient (Wildman–Crippen LogP) is 4.38. The third-order valence-electron chi connectivity index (χ3n) is 4.46. The molecule has 1 atom stereocenters. The zero-order valence-electron chi connectivity index (χ0n) is 17.5. The van der Waals surface area contributed by atoms with E-state index < -0.39 is 5.97 Å². The van der Waals surface area contributed by atoms with Crippen LogP contribution in [0, 0.1) is 19.8 Å². The molecule has 2 rings (SSSR count). The molecule has 0 fully saturated rings. The van der Waals surface area contributed by atoms with E-state index in [0.29, 0.717) is 16.5 Å². The minimum atomic E-state index is -0.620. The van der Waals surface area contributed by atoms with Gasteiger partial charge in [0.2, 0.25) is 5.91 Å². The summed E-state index contributed by atoms with van der Waals surface area (Å²) in [6, 6.07) is 9.58. The number of carbonyl (C=O) groups is 3. The molecule has 0 aliphatic heterocycles. The molecule has 7 heteroatoms. The SMILES string of the molecule is CC(=O)Nc1sc(C)c(C)c1C(=O)OCC(=O)N[C@H](CC(C)C)c1ccccc1. The third kappa shape index (κ3) is 6.42. The molecule has 0 aliphatic carbocycles. The van der Waals surface area contributed by atoms with E-state index in [1.54, 1.807) is 6.92 Å². The molecule has 0 aliphatic rings. The summed E-state index contributed by atoms with van der Waals surface area (Å²) in [5, 5.41) is 6.06. The number of nitrogens with one attached hydrogen (secondary N) is 2. The molecule has 29 heavy (non-hydrogen) atoms. The van der Waals surface area contributed by atoms with Crippen molar-refractivity contribution in [3.63, 3.8) is 0 Å². The normalized spacial score (nSPS) is 11.8. The smallest absolute Gasteiger partial charge is 0.341 e. The quantitative estimate of drug-likeness (QED) is 0.625. The second-order valence-electron chi connectivity index (χ2n) is 7.41. The highest BCUT2D eigenvalue weighted by Gasteiger charge is 2.23. The Bertz CT molecular complexity index is 874. The Kier molecular flexibility index (Phi) is 7.96. The molecule has 0 spiro atoms. The van der Waals surface area contributed by atoms with Gasteiger partial charge in [0.05, 0.1) is 11.6 Å². The number of benzene rings is 1. The van der Waals surface area contributed by atoms with Crippen molar-refractivity contribution in [3.05, 3.63) is 51.9 Å². The van der Waals surface area contributed by atoms with Gasteiger partial charge < -0.3 is 15.4 Å². The van der Waals surface area contributed by atoms with Crippen LogP contribution < -0.4 is 10.6 Å². The Hall–Kier alpha value is -2.67. The number of hydrogen-bond donors (Lipinski definition) is 2. The summed E-state index contributed by atoms with van der Waals surface area (Å²) in [7, 11) is 0. The molecule has 156 valence electrons. The first-order valence-corrected chi connectivity index (χ1v) is 10.4. The summed E-state index contributed by atoms with van der Waals surface area (Å²) in [4.78, 5) is 37.3. The first-order chi connectivity index (χ1) is 13.7. The van der Waals surface area contributed by atoms with Gasteiger partial charge in [-0.3, -0.25) is 9.59 Å². The van der Waals surface area contributed by atoms with Crippen LogP contribution in [0.1, 0.15) is 59.6 Å². The van der Waals surface area contributed by atoms with E-state index in [4.69, 9.17) is 4.74 Å². The van der Waals surface area contributed by atoms with Crippen LogP contribution in [0.5, 0.6) is 0 Å². The molecule has 0 unspecified atom stereocenters. The van der Waals surface area contributed by atoms with Gasteiger partial charge >= 0.3 is 5.97 Å². The van der Waals surface area contributed by atoms with E-state index in [1.807, 2.05) is 37.3 Å². The highest BCUT2D eigenvalue weighted by atomic mass is 32.1. The lowest BCUT2D eigenvalue weighted by Gasteiger charge is -2.21. The van der Waals surface area contributed by atoms with Crippen LogP contribution in [0.25, 0.3) is 0 Å². The van der Waals surface area contributed by atoms with Crippen molar-refractivity contribution in [2.24, 2.45) is 5.92 Å². The van der Waals surface area contributed by atoms with Crippen LogP contribution in [-0.2, 0) is 14.3 Å². The van der Waals surface area contributed by atoms with Crippen molar-refractivity contribution in [1.29, 1.82) is 0 Å². The summed E-state index contributed by atoms with van der Waals surface area (Å²) in [5.41, 5.74) is 2.06. The number of amides is 2. The van der Waals surface area contributed by atoms with Gasteiger partial charge in [-0.15, -0.1) is 11.3 Å². The average molecular weight is 417 g/mol. The zero-order valence-corrected chi connectivity index (χ0v) is 18.3. The molecule has 1 aromatic heterocycles. The van der Waals surface area contributed by atoms with Crippen molar-refractivity contribution < 1.29 is 19.1 Å². The number of thiophene rings is 1. The Morgan fingerprint density at radius 3 is 2.34 bits per heavy atom. The monoisotopic (exact) mass is 416 g/mol. The van der Waals surface area contributed by atoms with Crippen LogP contribution in [0.4, 0.5) is 5.00 Å². The van der Waals surface area contributed by atoms with Crippen molar-refractivity contribution >= 4 is 34.1 Å². The predicted molar refractivity (Wildman–Crippen MR) is 115 cm³/mol. The lowest BCUT2D eigenvalue weighted by atomic mass is 9.97. The Labute approximate surface area is 175 Å². The number of carbonyl (C=O) groups excluding carboxylic acids is 3. The van der Waals surface area contributed by atoms with E-state index in [0.717, 1.165) is 22.4 Å². The highest BCUT2D eigenvalue weighted by Crippen LogP contribution is 2.33. The minimum absolute atomic E-state index is 0.150. The fourth-order valence-electron chi connectivity index (χ4n) is 3.00. The van der Waals surface area contributed by atoms with E-state index >= 15 is 0 Å². The molecule has 0 radical (unpaired) electrons. The molecule has 2 amide bonds. The van der Waals surface area contributed by atoms with Crippen molar-refractivity contribution in [2.45, 2.75) is 47.1 Å². The van der Waals surface area contributed by atoms with Crippen LogP contribution >= 0.6 is 11.3 Å². The van der Waals surface area contributed by atoms with Gasteiger partial charge in [0.15, 0.2) is 6.61 Å². The molecular formula is C22H28N2O4S. The number of rotatable bonds is 8. The van der Waals surface area contributed by atoms with Gasteiger partial charge in [0, 0.05) is 11.8 Å². The van der Waals surface area contributed by atoms with Crippen molar-refractivity contribution in [2.75, 3.05) is 11.9 Å². The second kappa shape index (κ2) is 10.2. The summed E-state index contributed by atoms with van der Waals surface area (Å²) < 4.78 is 5.25. The van der Waals surface area contributed by atoms with Crippen LogP contribution in [0.3, 0.4) is 0 Å². The Morgan fingerprint density at radius 1 is 1.10 bits per heavy atom. The van der Waals surface area contributed by atoms with Gasteiger partial charge in [-0.2, -0.15) is 0 Å². The lowest BCUT2D eigenvalue weighted by Crippen LogP contribution is -2.33. The van der Waals surface area contributed by atoms with Gasteiger partial charge in [-0.1, -0.05) is 44.2 Å². The van der Waals surface area contributed by atoms with Crippen LogP contribution in [0.15, 0.2) is 30.3 Å². The maximum atomic E-state index is 12.6. The number of esters is 1. The fourth-order valence-corrected chi connectivity index (χ4v) is 4.09. The molecule has 0 saturated heterocycles. The molecule has 1 aromatic carbocycles. The standard InChI is InChI=1S/C22H28N2O4S/c1-13(2)11-18(17-9-7-6-8-10-17)24-19(26)12-28-22(27)20-14(3)15(4)29-21(20)23-16(5)25/h6-10,13,18H,11-12H2,1-5H3,(H,23,25)(H,24,26)/t18-/m1/s1. The number of ether oxygens (including phenoxy) is 1. The third-order valence-corrected chi connectivity index (χ3v) is 5.58. The average Bonchev–Trinajstić information content (AvgIpc) is 2.92. The van der Waals surface area contributed by atoms with Gasteiger partial charge in [-0.05, 0) is 37.3 Å². The zero-order chi connectivity index (χ0) is 21.6. The van der Waals surface area contributed by atoms with Crippen LogP contribution in [-0.4, -0.2) is 24.4 Å². The molecule has 0 saturated carbocycles. The Balaban J connectivity index is 2.04. The summed E-state index contributed by atoms with van der Waals surface area (Å²) in [6.07, 6.45) is 0.777. The summed E-state index contributed by atoms with van der Waals surface area (Å²) in [5.74, 6) is -0.860. The fraction of sp³-hybridized carbons (Fsp3) is 0.409. The lowest BCUT2D eigenvalue weighted by molar-refractivity contribution is -0.125. The van der Waals surface area contributed by atoms with E-state index in [2.05, 4.69) is 24.5 Å². The topological polar surface area (TPSA) is 84.5 Å². The maximum Gasteiger partial charge on any atom is 0.341 e. The largest absolute Gasteiger partial charge is 0.452 e. The first kappa shape index (κ1) is 22.6. The van der Waals surface area contributed by atoms with Gasteiger partial charge in [-0.25, -0.2) is 4.79 Å². The summed E-state index contributed by atoms with van der Waals surface area (Å²) >= 11 is 1.31. The number of anilines is 1. The van der Waals surface area contributed by atoms with Gasteiger partial charge in [0.25, 0.3) is 5.91 Å². The maximum absolute atomic E-state index is 12.6. The van der Waals surface area contributed by atoms with Crippen LogP contribution in [0.2, 0.25) is 0 Å². The number of hydrogen-bond acceptors (Lipinski definition) is 5. The minimum Gasteiger partial charge on any atom is -0.452 e. The molecular weight excluding hydrogens is 388 g/mol. The Morgan fingerprint density at radius 2 is 1.76 bits per heavy atom. The molecule has 0 bridgehead atoms. The molecule has 6 nitrogen and oxygen atoms in total. The van der Waals surface area contributed by atoms with E-state index in [9.17, 15) is 14.4 Å². The highest BCUT2D eigenvalue weighted by molar-refractivity contribution is 7.16. The first-order valence-electron chi connectivity index (χ1n) is 9.58.